The van der Waals surface area contributed by atoms with Gasteiger partial charge in [0.1, 0.15) is 12.4 Å². The number of nitrogens with one attached hydrogen (secondary N) is 1. The van der Waals surface area contributed by atoms with Gasteiger partial charge in [-0.05, 0) is 47.9 Å². The lowest BCUT2D eigenvalue weighted by molar-refractivity contribution is 0.143. The fourth-order valence-electron chi connectivity index (χ4n) is 3.64. The van der Waals surface area contributed by atoms with Crippen LogP contribution in [0.2, 0.25) is 0 Å². The summed E-state index contributed by atoms with van der Waals surface area (Å²) < 4.78 is 6.03. The van der Waals surface area contributed by atoms with Crippen molar-refractivity contribution in [1.29, 1.82) is 0 Å². The normalized spacial score (nSPS) is 14.3. The van der Waals surface area contributed by atoms with E-state index in [0.29, 0.717) is 31.1 Å². The van der Waals surface area contributed by atoms with Crippen LogP contribution in [0, 0.1) is 6.92 Å². The summed E-state index contributed by atoms with van der Waals surface area (Å²) in [5.74, 6) is 0.688. The first-order valence-corrected chi connectivity index (χ1v) is 10.6. The molecule has 6 heteroatoms. The molecule has 1 aromatic heterocycles. The Morgan fingerprint density at radius 2 is 1.71 bits per heavy atom. The van der Waals surface area contributed by atoms with Crippen LogP contribution in [0.15, 0.2) is 73.1 Å². The van der Waals surface area contributed by atoms with Gasteiger partial charge >= 0.3 is 6.03 Å². The molecule has 160 valence electrons. The average molecular weight is 417 g/mol. The molecule has 4 rings (SSSR count). The van der Waals surface area contributed by atoms with E-state index in [0.717, 1.165) is 30.8 Å². The van der Waals surface area contributed by atoms with Crippen LogP contribution < -0.4 is 10.1 Å². The SMILES string of the molecule is Cc1ccc(NC(=O)N2CCN(Cc3ccncc3)CC2)c(OCc2ccccc2)c1. The number of aryl methyl sites for hydroxylation is 1. The molecule has 1 aliphatic rings. The zero-order valence-corrected chi connectivity index (χ0v) is 17.8. The van der Waals surface area contributed by atoms with E-state index in [4.69, 9.17) is 4.74 Å². The molecule has 0 unspecified atom stereocenters. The van der Waals surface area contributed by atoms with Gasteiger partial charge in [0.2, 0.25) is 0 Å². The van der Waals surface area contributed by atoms with Crippen LogP contribution in [0.25, 0.3) is 0 Å². The summed E-state index contributed by atoms with van der Waals surface area (Å²) in [6, 6.07) is 19.9. The molecular weight excluding hydrogens is 388 g/mol. The van der Waals surface area contributed by atoms with E-state index in [1.54, 1.807) is 0 Å². The maximum atomic E-state index is 12.9. The van der Waals surface area contributed by atoms with Gasteiger partial charge in [0, 0.05) is 45.1 Å². The number of carbonyl (C=O) groups is 1. The molecule has 0 spiro atoms. The smallest absolute Gasteiger partial charge is 0.322 e. The number of nitrogens with zero attached hydrogens (tertiary/aromatic N) is 3. The Hall–Kier alpha value is -3.38. The van der Waals surface area contributed by atoms with Crippen molar-refractivity contribution in [1.82, 2.24) is 14.8 Å². The molecule has 0 atom stereocenters. The molecule has 0 bridgehead atoms. The number of hydrogen-bond acceptors (Lipinski definition) is 4. The number of rotatable bonds is 6. The number of piperazine rings is 1. The molecular formula is C25H28N4O2. The average Bonchev–Trinajstić information content (AvgIpc) is 2.81. The second kappa shape index (κ2) is 10.1. The molecule has 2 heterocycles. The lowest BCUT2D eigenvalue weighted by Gasteiger charge is -2.34. The third-order valence-corrected chi connectivity index (χ3v) is 5.43. The van der Waals surface area contributed by atoms with Crippen molar-refractivity contribution in [2.24, 2.45) is 0 Å². The molecule has 2 amide bonds. The van der Waals surface area contributed by atoms with Crippen LogP contribution in [0.5, 0.6) is 5.75 Å². The highest BCUT2D eigenvalue weighted by Crippen LogP contribution is 2.27. The van der Waals surface area contributed by atoms with Gasteiger partial charge in [-0.25, -0.2) is 4.79 Å². The van der Waals surface area contributed by atoms with E-state index in [9.17, 15) is 4.79 Å². The summed E-state index contributed by atoms with van der Waals surface area (Å²) in [5, 5.41) is 3.04. The summed E-state index contributed by atoms with van der Waals surface area (Å²) >= 11 is 0. The van der Waals surface area contributed by atoms with Crippen molar-refractivity contribution in [3.63, 3.8) is 0 Å². The quantitative estimate of drug-likeness (QED) is 0.650. The Morgan fingerprint density at radius 1 is 0.968 bits per heavy atom. The zero-order valence-electron chi connectivity index (χ0n) is 17.8. The summed E-state index contributed by atoms with van der Waals surface area (Å²) in [4.78, 5) is 21.2. The fraction of sp³-hybridized carbons (Fsp3) is 0.280. The Labute approximate surface area is 183 Å². The topological polar surface area (TPSA) is 57.7 Å². The number of amides is 2. The van der Waals surface area contributed by atoms with Gasteiger partial charge in [-0.1, -0.05) is 36.4 Å². The highest BCUT2D eigenvalue weighted by molar-refractivity contribution is 5.91. The number of anilines is 1. The highest BCUT2D eigenvalue weighted by Gasteiger charge is 2.22. The van der Waals surface area contributed by atoms with Gasteiger partial charge in [0.25, 0.3) is 0 Å². The lowest BCUT2D eigenvalue weighted by Crippen LogP contribution is -2.49. The van der Waals surface area contributed by atoms with Gasteiger partial charge in [-0.2, -0.15) is 0 Å². The van der Waals surface area contributed by atoms with E-state index in [1.165, 1.54) is 5.56 Å². The molecule has 1 saturated heterocycles. The van der Waals surface area contributed by atoms with Crippen LogP contribution in [-0.4, -0.2) is 47.0 Å². The minimum absolute atomic E-state index is 0.0861. The molecule has 0 saturated carbocycles. The Bertz CT molecular complexity index is 987. The van der Waals surface area contributed by atoms with E-state index >= 15 is 0 Å². The van der Waals surface area contributed by atoms with Gasteiger partial charge in [-0.3, -0.25) is 9.88 Å². The summed E-state index contributed by atoms with van der Waals surface area (Å²) in [6.45, 7) is 6.45. The van der Waals surface area contributed by atoms with Crippen LogP contribution in [0.1, 0.15) is 16.7 Å². The monoisotopic (exact) mass is 416 g/mol. The molecule has 0 radical (unpaired) electrons. The maximum Gasteiger partial charge on any atom is 0.322 e. The first kappa shape index (κ1) is 20.9. The highest BCUT2D eigenvalue weighted by atomic mass is 16.5. The summed E-state index contributed by atoms with van der Waals surface area (Å²) in [7, 11) is 0. The molecule has 1 aliphatic heterocycles. The van der Waals surface area contributed by atoms with Crippen LogP contribution in [0.3, 0.4) is 0 Å². The number of urea groups is 1. The number of carbonyl (C=O) groups excluding carboxylic acids is 1. The Balaban J connectivity index is 1.33. The first-order chi connectivity index (χ1) is 15.2. The Morgan fingerprint density at radius 3 is 2.45 bits per heavy atom. The number of hydrogen-bond donors (Lipinski definition) is 1. The van der Waals surface area contributed by atoms with Crippen LogP contribution >= 0.6 is 0 Å². The molecule has 1 N–H and O–H groups in total. The van der Waals surface area contributed by atoms with Crippen LogP contribution in [0.4, 0.5) is 10.5 Å². The van der Waals surface area contributed by atoms with Gasteiger partial charge in [0.15, 0.2) is 0 Å². The maximum absolute atomic E-state index is 12.9. The van der Waals surface area contributed by atoms with Gasteiger partial charge in [-0.15, -0.1) is 0 Å². The fourth-order valence-corrected chi connectivity index (χ4v) is 3.64. The lowest BCUT2D eigenvalue weighted by atomic mass is 10.2. The number of benzene rings is 2. The molecule has 1 fully saturated rings. The summed E-state index contributed by atoms with van der Waals surface area (Å²) in [5.41, 5.74) is 4.12. The van der Waals surface area contributed by atoms with E-state index in [2.05, 4.69) is 15.2 Å². The molecule has 3 aromatic rings. The predicted molar refractivity (Wildman–Crippen MR) is 122 cm³/mol. The molecule has 0 aliphatic carbocycles. The first-order valence-electron chi connectivity index (χ1n) is 10.6. The standard InChI is InChI=1S/C25H28N4O2/c1-20-7-8-23(24(17-20)31-19-22-5-3-2-4-6-22)27-25(30)29-15-13-28(14-16-29)18-21-9-11-26-12-10-21/h2-12,17H,13-16,18-19H2,1H3,(H,27,30). The van der Waals surface area contributed by atoms with Crippen molar-refractivity contribution in [3.8, 4) is 5.75 Å². The number of aromatic nitrogens is 1. The van der Waals surface area contributed by atoms with Crippen molar-refractivity contribution in [2.75, 3.05) is 31.5 Å². The predicted octanol–water partition coefficient (Wildman–Crippen LogP) is 4.32. The molecule has 6 nitrogen and oxygen atoms in total. The van der Waals surface area contributed by atoms with Gasteiger partial charge in [0.05, 0.1) is 5.69 Å². The zero-order chi connectivity index (χ0) is 21.5. The van der Waals surface area contributed by atoms with E-state index in [1.807, 2.05) is 84.9 Å². The molecule has 2 aromatic carbocycles. The number of pyridine rings is 1. The van der Waals surface area contributed by atoms with Crippen LogP contribution in [-0.2, 0) is 13.2 Å². The molecule has 31 heavy (non-hydrogen) atoms. The Kier molecular flexibility index (Phi) is 6.79. The van der Waals surface area contributed by atoms with Gasteiger partial charge < -0.3 is 15.0 Å². The van der Waals surface area contributed by atoms with Crippen molar-refractivity contribution in [2.45, 2.75) is 20.1 Å². The van der Waals surface area contributed by atoms with Crippen molar-refractivity contribution in [3.05, 3.63) is 89.7 Å². The third-order valence-electron chi connectivity index (χ3n) is 5.43. The minimum atomic E-state index is -0.0861. The summed E-state index contributed by atoms with van der Waals surface area (Å²) in [6.07, 6.45) is 3.64. The largest absolute Gasteiger partial charge is 0.487 e. The minimum Gasteiger partial charge on any atom is -0.487 e. The third kappa shape index (κ3) is 5.83. The van der Waals surface area contributed by atoms with Crippen molar-refractivity contribution < 1.29 is 9.53 Å². The van der Waals surface area contributed by atoms with E-state index < -0.39 is 0 Å². The number of ether oxygens (including phenoxy) is 1. The van der Waals surface area contributed by atoms with E-state index in [-0.39, 0.29) is 6.03 Å². The second-order valence-electron chi connectivity index (χ2n) is 7.82. The van der Waals surface area contributed by atoms with Crippen molar-refractivity contribution >= 4 is 11.7 Å². The second-order valence-corrected chi connectivity index (χ2v) is 7.82.